The first-order chi connectivity index (χ1) is 9.31. The van der Waals surface area contributed by atoms with Gasteiger partial charge in [-0.2, -0.15) is 12.7 Å². The zero-order chi connectivity index (χ0) is 15.4. The van der Waals surface area contributed by atoms with E-state index in [1.807, 2.05) is 4.72 Å². The number of hydrogen-bond acceptors (Lipinski definition) is 5. The fourth-order valence-electron chi connectivity index (χ4n) is 3.11. The third-order valence-corrected chi connectivity index (χ3v) is 5.60. The Morgan fingerprint density at radius 2 is 2.20 bits per heavy atom. The van der Waals surface area contributed by atoms with E-state index in [1.165, 1.54) is 4.31 Å². The maximum absolute atomic E-state index is 12.4. The van der Waals surface area contributed by atoms with Gasteiger partial charge in [-0.15, -0.1) is 0 Å². The molecule has 0 aromatic heterocycles. The zero-order valence-electron chi connectivity index (χ0n) is 12.4. The summed E-state index contributed by atoms with van der Waals surface area (Å²) in [4.78, 5) is 11.2. The zero-order valence-corrected chi connectivity index (χ0v) is 13.2. The SMILES string of the molecule is CCN(C1(CN)CCCC(C)C1)S(=O)(=O)NC(=O)OC. The summed E-state index contributed by atoms with van der Waals surface area (Å²) in [7, 11) is -2.82. The molecule has 20 heavy (non-hydrogen) atoms. The summed E-state index contributed by atoms with van der Waals surface area (Å²) in [6, 6.07) is 0. The van der Waals surface area contributed by atoms with Crippen LogP contribution >= 0.6 is 0 Å². The summed E-state index contributed by atoms with van der Waals surface area (Å²) in [5.74, 6) is 0.412. The van der Waals surface area contributed by atoms with Gasteiger partial charge < -0.3 is 10.5 Å². The molecule has 1 saturated carbocycles. The molecule has 0 saturated heterocycles. The van der Waals surface area contributed by atoms with Crippen molar-refractivity contribution in [3.63, 3.8) is 0 Å². The van der Waals surface area contributed by atoms with Gasteiger partial charge in [-0.05, 0) is 18.8 Å². The number of carbonyl (C=O) groups excluding carboxylic acids is 1. The minimum absolute atomic E-state index is 0.243. The number of likely N-dealkylation sites (N-methyl/N-ethyl adjacent to an activating group) is 1. The van der Waals surface area contributed by atoms with E-state index in [1.54, 1.807) is 6.92 Å². The molecule has 0 aliphatic heterocycles. The number of nitrogens with two attached hydrogens (primary N) is 1. The largest absolute Gasteiger partial charge is 0.452 e. The summed E-state index contributed by atoms with van der Waals surface area (Å²) in [5, 5.41) is 0. The van der Waals surface area contributed by atoms with Gasteiger partial charge in [-0.25, -0.2) is 9.52 Å². The lowest BCUT2D eigenvalue weighted by molar-refractivity contribution is 0.111. The molecule has 2 atom stereocenters. The quantitative estimate of drug-likeness (QED) is 0.783. The molecule has 8 heteroatoms. The van der Waals surface area contributed by atoms with Crippen LogP contribution in [0.5, 0.6) is 0 Å². The molecule has 0 heterocycles. The van der Waals surface area contributed by atoms with Crippen LogP contribution in [0.3, 0.4) is 0 Å². The molecule has 0 aromatic rings. The van der Waals surface area contributed by atoms with E-state index in [0.717, 1.165) is 20.0 Å². The molecule has 1 aliphatic rings. The second kappa shape index (κ2) is 6.73. The Morgan fingerprint density at radius 3 is 2.65 bits per heavy atom. The lowest BCUT2D eigenvalue weighted by atomic mass is 9.76. The summed E-state index contributed by atoms with van der Waals surface area (Å²) in [6.45, 7) is 4.34. The van der Waals surface area contributed by atoms with E-state index in [2.05, 4.69) is 11.7 Å². The standard InChI is InChI=1S/C12H25N3O4S/c1-4-15(20(17,18)14-11(16)19-3)12(9-13)7-5-6-10(2)8-12/h10H,4-9,13H2,1-3H3,(H,14,16). The van der Waals surface area contributed by atoms with Crippen molar-refractivity contribution in [2.45, 2.75) is 45.1 Å². The second-order valence-electron chi connectivity index (χ2n) is 5.39. The van der Waals surface area contributed by atoms with E-state index in [0.29, 0.717) is 18.8 Å². The van der Waals surface area contributed by atoms with Gasteiger partial charge in [0.25, 0.3) is 0 Å². The monoisotopic (exact) mass is 307 g/mol. The number of hydrogen-bond donors (Lipinski definition) is 2. The Kier molecular flexibility index (Phi) is 5.79. The predicted octanol–water partition coefficient (Wildman–Crippen LogP) is 0.817. The van der Waals surface area contributed by atoms with Crippen molar-refractivity contribution >= 4 is 16.3 Å². The number of ether oxygens (including phenoxy) is 1. The van der Waals surface area contributed by atoms with Gasteiger partial charge >= 0.3 is 16.3 Å². The van der Waals surface area contributed by atoms with Crippen LogP contribution in [0, 0.1) is 5.92 Å². The molecule has 0 aromatic carbocycles. The first-order valence-corrected chi connectivity index (χ1v) is 8.34. The normalized spacial score (nSPS) is 27.4. The average molecular weight is 307 g/mol. The summed E-state index contributed by atoms with van der Waals surface area (Å²) in [5.41, 5.74) is 5.27. The second-order valence-corrected chi connectivity index (χ2v) is 6.99. The fourth-order valence-corrected chi connectivity index (χ4v) is 4.60. The van der Waals surface area contributed by atoms with Gasteiger partial charge in [0.15, 0.2) is 0 Å². The highest BCUT2D eigenvalue weighted by molar-refractivity contribution is 7.87. The minimum Gasteiger partial charge on any atom is -0.452 e. The van der Waals surface area contributed by atoms with Crippen molar-refractivity contribution in [2.24, 2.45) is 11.7 Å². The molecule has 0 radical (unpaired) electrons. The van der Waals surface area contributed by atoms with Crippen molar-refractivity contribution in [1.82, 2.24) is 9.03 Å². The molecule has 1 aliphatic carbocycles. The van der Waals surface area contributed by atoms with Gasteiger partial charge in [-0.1, -0.05) is 26.7 Å². The van der Waals surface area contributed by atoms with Crippen molar-refractivity contribution in [3.8, 4) is 0 Å². The number of methoxy groups -OCH3 is 1. The lowest BCUT2D eigenvalue weighted by Crippen LogP contribution is -2.61. The molecule has 0 bridgehead atoms. The van der Waals surface area contributed by atoms with E-state index < -0.39 is 21.8 Å². The number of nitrogens with zero attached hydrogens (tertiary/aromatic N) is 1. The number of nitrogens with one attached hydrogen (secondary N) is 1. The molecule has 118 valence electrons. The summed E-state index contributed by atoms with van der Waals surface area (Å²) in [6.07, 6.45) is 2.44. The fraction of sp³-hybridized carbons (Fsp3) is 0.917. The van der Waals surface area contributed by atoms with E-state index in [-0.39, 0.29) is 13.1 Å². The van der Waals surface area contributed by atoms with E-state index in [9.17, 15) is 13.2 Å². The Bertz CT molecular complexity index is 440. The van der Waals surface area contributed by atoms with Crippen molar-refractivity contribution in [3.05, 3.63) is 0 Å². The highest BCUT2D eigenvalue weighted by atomic mass is 32.2. The number of rotatable bonds is 5. The van der Waals surface area contributed by atoms with Crippen LogP contribution in [0.2, 0.25) is 0 Å². The molecular formula is C12H25N3O4S. The topological polar surface area (TPSA) is 102 Å². The maximum atomic E-state index is 12.4. The van der Waals surface area contributed by atoms with E-state index in [4.69, 9.17) is 5.73 Å². The number of amides is 1. The average Bonchev–Trinajstić information content (AvgIpc) is 2.38. The molecule has 1 amide bonds. The third kappa shape index (κ3) is 3.62. The van der Waals surface area contributed by atoms with Crippen LogP contribution in [0.25, 0.3) is 0 Å². The Hall–Kier alpha value is -0.860. The molecule has 7 nitrogen and oxygen atoms in total. The van der Waals surface area contributed by atoms with Crippen LogP contribution in [-0.2, 0) is 14.9 Å². The van der Waals surface area contributed by atoms with Crippen molar-refractivity contribution < 1.29 is 17.9 Å². The maximum Gasteiger partial charge on any atom is 0.421 e. The van der Waals surface area contributed by atoms with Crippen LogP contribution in [-0.4, -0.2) is 44.6 Å². The van der Waals surface area contributed by atoms with Crippen LogP contribution in [0.1, 0.15) is 39.5 Å². The van der Waals surface area contributed by atoms with Gasteiger partial charge in [-0.3, -0.25) is 0 Å². The highest BCUT2D eigenvalue weighted by Gasteiger charge is 2.44. The summed E-state index contributed by atoms with van der Waals surface area (Å²) < 4.78 is 32.3. The van der Waals surface area contributed by atoms with Crippen molar-refractivity contribution in [1.29, 1.82) is 0 Å². The summed E-state index contributed by atoms with van der Waals surface area (Å²) >= 11 is 0. The Morgan fingerprint density at radius 1 is 1.55 bits per heavy atom. The Balaban J connectivity index is 3.05. The molecule has 1 rings (SSSR count). The van der Waals surface area contributed by atoms with Gasteiger partial charge in [0.2, 0.25) is 0 Å². The first-order valence-electron chi connectivity index (χ1n) is 6.90. The van der Waals surface area contributed by atoms with Gasteiger partial charge in [0.05, 0.1) is 7.11 Å². The third-order valence-electron chi connectivity index (χ3n) is 3.95. The number of carbonyl (C=O) groups is 1. The van der Waals surface area contributed by atoms with Crippen LogP contribution in [0.4, 0.5) is 4.79 Å². The van der Waals surface area contributed by atoms with Gasteiger partial charge in [0, 0.05) is 18.6 Å². The van der Waals surface area contributed by atoms with E-state index >= 15 is 0 Å². The van der Waals surface area contributed by atoms with Crippen molar-refractivity contribution in [2.75, 3.05) is 20.2 Å². The molecule has 3 N–H and O–H groups in total. The van der Waals surface area contributed by atoms with Crippen LogP contribution in [0.15, 0.2) is 0 Å². The predicted molar refractivity (Wildman–Crippen MR) is 76.3 cm³/mol. The first kappa shape index (κ1) is 17.2. The molecule has 2 unspecified atom stereocenters. The highest BCUT2D eigenvalue weighted by Crippen LogP contribution is 2.37. The lowest BCUT2D eigenvalue weighted by Gasteiger charge is -2.46. The minimum atomic E-state index is -3.95. The van der Waals surface area contributed by atoms with Crippen LogP contribution < -0.4 is 10.5 Å². The smallest absolute Gasteiger partial charge is 0.421 e. The van der Waals surface area contributed by atoms with Gasteiger partial charge in [0.1, 0.15) is 0 Å². The molecular weight excluding hydrogens is 282 g/mol. The molecule has 1 fully saturated rings. The molecule has 0 spiro atoms. The Labute approximate surface area is 121 Å².